The van der Waals surface area contributed by atoms with Crippen LogP contribution in [0.25, 0.3) is 5.82 Å². The average molecular weight is 398 g/mol. The molecule has 0 radical (unpaired) electrons. The minimum Gasteiger partial charge on any atom is -0.298 e. The number of hydrogen-bond donors (Lipinski definition) is 2. The molecule has 0 saturated carbocycles. The number of halogens is 4. The number of rotatable bonds is 5. The normalized spacial score (nSPS) is 11.2. The number of hydrazine groups is 1. The summed E-state index contributed by atoms with van der Waals surface area (Å²) in [6.45, 7) is 0. The lowest BCUT2D eigenvalue weighted by Crippen LogP contribution is -2.31. The summed E-state index contributed by atoms with van der Waals surface area (Å²) in [4.78, 5) is 16.3. The number of hydrogen-bond acceptors (Lipinski definition) is 4. The van der Waals surface area contributed by atoms with Gasteiger partial charge < -0.3 is 0 Å². The molecule has 0 fully saturated rings. The SMILES string of the molecule is O=C(NNc1ccccc1)c1cnn(-c2ncccc2Cl)c1C(F)(F)Cl. The maximum atomic E-state index is 14.0. The summed E-state index contributed by atoms with van der Waals surface area (Å²) in [5.41, 5.74) is 4.24. The predicted molar refractivity (Wildman–Crippen MR) is 93.6 cm³/mol. The molecule has 3 rings (SSSR count). The van der Waals surface area contributed by atoms with Gasteiger partial charge in [-0.05, 0) is 35.9 Å². The zero-order valence-electron chi connectivity index (χ0n) is 13.0. The summed E-state index contributed by atoms with van der Waals surface area (Å²) < 4.78 is 28.7. The first-order valence-corrected chi connectivity index (χ1v) is 8.01. The molecule has 0 saturated heterocycles. The number of para-hydroxylation sites is 1. The van der Waals surface area contributed by atoms with Crippen LogP contribution in [-0.2, 0) is 5.38 Å². The molecule has 0 spiro atoms. The molecule has 0 unspecified atom stereocenters. The van der Waals surface area contributed by atoms with Gasteiger partial charge in [0.1, 0.15) is 5.69 Å². The van der Waals surface area contributed by atoms with Gasteiger partial charge in [0.15, 0.2) is 5.82 Å². The molecule has 3 aromatic rings. The van der Waals surface area contributed by atoms with Crippen molar-refractivity contribution >= 4 is 34.8 Å². The Kier molecular flexibility index (Phi) is 5.06. The summed E-state index contributed by atoms with van der Waals surface area (Å²) in [5.74, 6) is -0.915. The van der Waals surface area contributed by atoms with Crippen molar-refractivity contribution in [3.8, 4) is 5.82 Å². The number of alkyl halides is 3. The second-order valence-corrected chi connectivity index (χ2v) is 5.95. The average Bonchev–Trinajstić information content (AvgIpc) is 3.06. The first-order chi connectivity index (χ1) is 12.4. The van der Waals surface area contributed by atoms with Crippen molar-refractivity contribution in [2.24, 2.45) is 0 Å². The first kappa shape index (κ1) is 18.1. The number of amides is 1. The molecule has 1 amide bonds. The highest BCUT2D eigenvalue weighted by Crippen LogP contribution is 2.36. The molecule has 0 bridgehead atoms. The lowest BCUT2D eigenvalue weighted by molar-refractivity contribution is 0.0812. The van der Waals surface area contributed by atoms with E-state index in [9.17, 15) is 13.6 Å². The number of carbonyl (C=O) groups excluding carboxylic acids is 1. The molecule has 2 heterocycles. The van der Waals surface area contributed by atoms with Gasteiger partial charge in [-0.3, -0.25) is 15.6 Å². The number of nitrogens with one attached hydrogen (secondary N) is 2. The van der Waals surface area contributed by atoms with Crippen LogP contribution < -0.4 is 10.9 Å². The van der Waals surface area contributed by atoms with Crippen LogP contribution in [0.4, 0.5) is 14.5 Å². The lowest BCUT2D eigenvalue weighted by atomic mass is 10.2. The van der Waals surface area contributed by atoms with Crippen molar-refractivity contribution in [1.29, 1.82) is 0 Å². The predicted octanol–water partition coefficient (Wildman–Crippen LogP) is 3.97. The van der Waals surface area contributed by atoms with Crippen molar-refractivity contribution in [3.05, 3.63) is 71.1 Å². The fraction of sp³-hybridized carbons (Fsp3) is 0.0625. The summed E-state index contributed by atoms with van der Waals surface area (Å²) in [6.07, 6.45) is 2.33. The molecule has 6 nitrogen and oxygen atoms in total. The summed E-state index contributed by atoms with van der Waals surface area (Å²) >= 11 is 11.2. The molecule has 1 aromatic carbocycles. The second-order valence-electron chi connectivity index (χ2n) is 5.07. The Morgan fingerprint density at radius 2 is 1.88 bits per heavy atom. The minimum atomic E-state index is -3.88. The van der Waals surface area contributed by atoms with Gasteiger partial charge in [0.25, 0.3) is 5.91 Å². The van der Waals surface area contributed by atoms with E-state index in [-0.39, 0.29) is 10.8 Å². The van der Waals surface area contributed by atoms with E-state index in [4.69, 9.17) is 23.2 Å². The molecule has 2 aromatic heterocycles. The van der Waals surface area contributed by atoms with Crippen LogP contribution in [0.3, 0.4) is 0 Å². The molecule has 0 aliphatic heterocycles. The maximum absolute atomic E-state index is 14.0. The molecule has 0 aliphatic carbocycles. The van der Waals surface area contributed by atoms with Crippen molar-refractivity contribution in [2.75, 3.05) is 5.43 Å². The number of carbonyl (C=O) groups is 1. The van der Waals surface area contributed by atoms with Crippen LogP contribution in [0.5, 0.6) is 0 Å². The van der Waals surface area contributed by atoms with E-state index in [1.807, 2.05) is 0 Å². The van der Waals surface area contributed by atoms with E-state index >= 15 is 0 Å². The molecule has 134 valence electrons. The molecular formula is C16H11Cl2F2N5O. The highest BCUT2D eigenvalue weighted by atomic mass is 35.5. The van der Waals surface area contributed by atoms with Crippen molar-refractivity contribution in [3.63, 3.8) is 0 Å². The summed E-state index contributed by atoms with van der Waals surface area (Å²) in [5, 5.41) is 0.00426. The molecule has 2 N–H and O–H groups in total. The van der Waals surface area contributed by atoms with Crippen molar-refractivity contribution in [1.82, 2.24) is 20.2 Å². The van der Waals surface area contributed by atoms with Crippen LogP contribution in [0.1, 0.15) is 16.1 Å². The minimum absolute atomic E-state index is 0.0699. The molecule has 10 heteroatoms. The fourth-order valence-electron chi connectivity index (χ4n) is 2.20. The van der Waals surface area contributed by atoms with Crippen LogP contribution in [0.2, 0.25) is 5.02 Å². The number of anilines is 1. The third-order valence-electron chi connectivity index (χ3n) is 3.32. The van der Waals surface area contributed by atoms with Crippen LogP contribution in [0, 0.1) is 0 Å². The second kappa shape index (κ2) is 7.27. The topological polar surface area (TPSA) is 71.8 Å². The summed E-state index contributed by atoms with van der Waals surface area (Å²) in [7, 11) is 0. The smallest absolute Gasteiger partial charge is 0.298 e. The monoisotopic (exact) mass is 397 g/mol. The highest BCUT2D eigenvalue weighted by Gasteiger charge is 2.39. The quantitative estimate of drug-likeness (QED) is 0.504. The van der Waals surface area contributed by atoms with Gasteiger partial charge in [0.05, 0.1) is 22.5 Å². The number of pyridine rings is 1. The first-order valence-electron chi connectivity index (χ1n) is 7.25. The van der Waals surface area contributed by atoms with E-state index in [0.29, 0.717) is 5.69 Å². The van der Waals surface area contributed by atoms with Gasteiger partial charge in [-0.2, -0.15) is 13.9 Å². The standard InChI is InChI=1S/C16H11Cl2F2N5O/c17-12-7-4-8-21-14(12)25-13(16(18,19)20)11(9-22-25)15(26)24-23-10-5-2-1-3-6-10/h1-9,23H,(H,24,26). The zero-order chi connectivity index (χ0) is 18.7. The zero-order valence-corrected chi connectivity index (χ0v) is 14.5. The highest BCUT2D eigenvalue weighted by molar-refractivity contribution is 6.32. The van der Waals surface area contributed by atoms with Crippen molar-refractivity contribution in [2.45, 2.75) is 5.38 Å². The molecule has 26 heavy (non-hydrogen) atoms. The van der Waals surface area contributed by atoms with Gasteiger partial charge >= 0.3 is 5.38 Å². The number of nitrogens with zero attached hydrogens (tertiary/aromatic N) is 3. The van der Waals surface area contributed by atoms with Crippen LogP contribution in [-0.4, -0.2) is 20.7 Å². The Labute approximate surface area is 156 Å². The van der Waals surface area contributed by atoms with Gasteiger partial charge in [-0.25, -0.2) is 9.67 Å². The Balaban J connectivity index is 1.95. The molecular weight excluding hydrogens is 387 g/mol. The van der Waals surface area contributed by atoms with E-state index in [2.05, 4.69) is 20.9 Å². The van der Waals surface area contributed by atoms with E-state index in [1.54, 1.807) is 30.3 Å². The molecule has 0 atom stereocenters. The van der Waals surface area contributed by atoms with Gasteiger partial charge in [0, 0.05) is 6.20 Å². The number of benzene rings is 1. The molecule has 0 aliphatic rings. The van der Waals surface area contributed by atoms with Crippen molar-refractivity contribution < 1.29 is 13.6 Å². The Morgan fingerprint density at radius 1 is 1.15 bits per heavy atom. The maximum Gasteiger partial charge on any atom is 0.365 e. The lowest BCUT2D eigenvalue weighted by Gasteiger charge is -2.14. The largest absolute Gasteiger partial charge is 0.365 e. The Hall–Kier alpha value is -2.71. The van der Waals surface area contributed by atoms with Crippen LogP contribution in [0.15, 0.2) is 54.9 Å². The van der Waals surface area contributed by atoms with Gasteiger partial charge in [-0.1, -0.05) is 29.8 Å². The Bertz CT molecular complexity index is 928. The van der Waals surface area contributed by atoms with Gasteiger partial charge in [-0.15, -0.1) is 0 Å². The van der Waals surface area contributed by atoms with E-state index in [1.165, 1.54) is 18.3 Å². The summed E-state index contributed by atoms with van der Waals surface area (Å²) in [6, 6.07) is 11.6. The fourth-order valence-corrected chi connectivity index (χ4v) is 2.58. The van der Waals surface area contributed by atoms with E-state index < -0.39 is 22.5 Å². The van der Waals surface area contributed by atoms with Gasteiger partial charge in [0.2, 0.25) is 0 Å². The van der Waals surface area contributed by atoms with Crippen LogP contribution >= 0.6 is 23.2 Å². The third kappa shape index (κ3) is 3.76. The van der Waals surface area contributed by atoms with E-state index in [0.717, 1.165) is 10.9 Å². The third-order valence-corrected chi connectivity index (χ3v) is 3.79. The Morgan fingerprint density at radius 3 is 2.54 bits per heavy atom. The number of aromatic nitrogens is 3.